The zero-order chi connectivity index (χ0) is 19.8. The number of guanidine groups is 1. The van der Waals surface area contributed by atoms with Gasteiger partial charge in [0.05, 0.1) is 21.3 Å². The van der Waals surface area contributed by atoms with E-state index in [1.165, 1.54) is 0 Å². The van der Waals surface area contributed by atoms with E-state index in [2.05, 4.69) is 15.6 Å². The third-order valence-corrected chi connectivity index (χ3v) is 4.50. The molecular weight excluding hydrogens is 389 g/mol. The summed E-state index contributed by atoms with van der Waals surface area (Å²) in [6.45, 7) is 0.996. The standard InChI is InChI=1S/C19H23Cl2N3O3/c1-22-19(23-10-12-5-7-14(20)9-15(12)21)24-11-13-6-8-16(25-2)18(27-4)17(13)26-3/h5-9H,10-11H2,1-4H3,(H2,22,23,24). The Morgan fingerprint density at radius 3 is 2.07 bits per heavy atom. The summed E-state index contributed by atoms with van der Waals surface area (Å²) in [5.41, 5.74) is 1.83. The van der Waals surface area contributed by atoms with Crippen LogP contribution < -0.4 is 24.8 Å². The first-order chi connectivity index (χ1) is 13.0. The molecule has 2 rings (SSSR count). The SMILES string of the molecule is CN=C(NCc1ccc(Cl)cc1Cl)NCc1ccc(OC)c(OC)c1OC. The van der Waals surface area contributed by atoms with Crippen LogP contribution in [-0.2, 0) is 13.1 Å². The Morgan fingerprint density at radius 2 is 1.52 bits per heavy atom. The van der Waals surface area contributed by atoms with Gasteiger partial charge in [0.2, 0.25) is 5.75 Å². The van der Waals surface area contributed by atoms with Gasteiger partial charge in [-0.15, -0.1) is 0 Å². The predicted molar refractivity (Wildman–Crippen MR) is 110 cm³/mol. The van der Waals surface area contributed by atoms with Gasteiger partial charge in [0.1, 0.15) is 0 Å². The quantitative estimate of drug-likeness (QED) is 0.534. The summed E-state index contributed by atoms with van der Waals surface area (Å²) in [6, 6.07) is 9.14. The van der Waals surface area contributed by atoms with Crippen LogP contribution in [0, 0.1) is 0 Å². The van der Waals surface area contributed by atoms with Crippen LogP contribution in [0.15, 0.2) is 35.3 Å². The summed E-state index contributed by atoms with van der Waals surface area (Å²) >= 11 is 12.1. The Balaban J connectivity index is 2.05. The van der Waals surface area contributed by atoms with Gasteiger partial charge in [-0.25, -0.2) is 0 Å². The minimum Gasteiger partial charge on any atom is -0.493 e. The number of benzene rings is 2. The van der Waals surface area contributed by atoms with Gasteiger partial charge in [0.15, 0.2) is 17.5 Å². The molecule has 0 bridgehead atoms. The normalized spacial score (nSPS) is 11.1. The fourth-order valence-corrected chi connectivity index (χ4v) is 3.02. The van der Waals surface area contributed by atoms with Gasteiger partial charge in [-0.1, -0.05) is 29.3 Å². The van der Waals surface area contributed by atoms with Gasteiger partial charge in [0, 0.05) is 35.7 Å². The molecule has 0 aliphatic carbocycles. The molecule has 146 valence electrons. The second kappa shape index (κ2) is 10.1. The maximum Gasteiger partial charge on any atom is 0.203 e. The van der Waals surface area contributed by atoms with Crippen LogP contribution in [0.1, 0.15) is 11.1 Å². The third-order valence-electron chi connectivity index (χ3n) is 3.92. The molecule has 0 aliphatic rings. The molecule has 0 aromatic heterocycles. The molecule has 2 aromatic rings. The van der Waals surface area contributed by atoms with E-state index in [-0.39, 0.29) is 0 Å². The number of hydrogen-bond donors (Lipinski definition) is 2. The lowest BCUT2D eigenvalue weighted by atomic mass is 10.1. The van der Waals surface area contributed by atoms with Crippen molar-refractivity contribution in [3.8, 4) is 17.2 Å². The average Bonchev–Trinajstić information content (AvgIpc) is 2.68. The van der Waals surface area contributed by atoms with E-state index >= 15 is 0 Å². The maximum absolute atomic E-state index is 6.20. The summed E-state index contributed by atoms with van der Waals surface area (Å²) < 4.78 is 16.2. The minimum absolute atomic E-state index is 0.484. The number of aliphatic imine (C=N–C) groups is 1. The average molecular weight is 412 g/mol. The Labute approximate surface area is 169 Å². The number of nitrogens with zero attached hydrogens (tertiary/aromatic N) is 1. The van der Waals surface area contributed by atoms with Crippen LogP contribution in [0.3, 0.4) is 0 Å². The molecule has 2 N–H and O–H groups in total. The van der Waals surface area contributed by atoms with E-state index < -0.39 is 0 Å². The molecule has 0 amide bonds. The van der Waals surface area contributed by atoms with Gasteiger partial charge in [0.25, 0.3) is 0 Å². The van der Waals surface area contributed by atoms with Gasteiger partial charge < -0.3 is 24.8 Å². The summed E-state index contributed by atoms with van der Waals surface area (Å²) in [5.74, 6) is 2.39. The Hall–Kier alpha value is -2.31. The Morgan fingerprint density at radius 1 is 0.889 bits per heavy atom. The molecule has 0 heterocycles. The predicted octanol–water partition coefficient (Wildman–Crippen LogP) is 3.88. The van der Waals surface area contributed by atoms with E-state index in [1.54, 1.807) is 40.5 Å². The van der Waals surface area contributed by atoms with Gasteiger partial charge >= 0.3 is 0 Å². The van der Waals surface area contributed by atoms with Crippen molar-refractivity contribution in [2.45, 2.75) is 13.1 Å². The van der Waals surface area contributed by atoms with Crippen molar-refractivity contribution in [2.75, 3.05) is 28.4 Å². The third kappa shape index (κ3) is 5.34. The van der Waals surface area contributed by atoms with Gasteiger partial charge in [-0.2, -0.15) is 0 Å². The van der Waals surface area contributed by atoms with Crippen molar-refractivity contribution >= 4 is 29.2 Å². The highest BCUT2D eigenvalue weighted by atomic mass is 35.5. The van der Waals surface area contributed by atoms with E-state index in [9.17, 15) is 0 Å². The fourth-order valence-electron chi connectivity index (χ4n) is 2.55. The monoisotopic (exact) mass is 411 g/mol. The lowest BCUT2D eigenvalue weighted by Gasteiger charge is -2.17. The Bertz CT molecular complexity index is 813. The zero-order valence-electron chi connectivity index (χ0n) is 15.7. The smallest absolute Gasteiger partial charge is 0.203 e. The number of nitrogens with one attached hydrogen (secondary N) is 2. The molecule has 0 aliphatic heterocycles. The highest BCUT2D eigenvalue weighted by Crippen LogP contribution is 2.39. The van der Waals surface area contributed by atoms with Crippen molar-refractivity contribution in [1.82, 2.24) is 10.6 Å². The number of ether oxygens (including phenoxy) is 3. The molecule has 8 heteroatoms. The molecular formula is C19H23Cl2N3O3. The summed E-state index contributed by atoms with van der Waals surface area (Å²) in [4.78, 5) is 4.23. The molecule has 6 nitrogen and oxygen atoms in total. The fraction of sp³-hybridized carbons (Fsp3) is 0.316. The van der Waals surface area contributed by atoms with Crippen LogP contribution in [0.5, 0.6) is 17.2 Å². The second-order valence-corrected chi connectivity index (χ2v) is 6.35. The van der Waals surface area contributed by atoms with E-state index in [0.717, 1.165) is 11.1 Å². The molecule has 27 heavy (non-hydrogen) atoms. The lowest BCUT2D eigenvalue weighted by Crippen LogP contribution is -2.36. The van der Waals surface area contributed by atoms with Gasteiger partial charge in [-0.05, 0) is 29.8 Å². The summed E-state index contributed by atoms with van der Waals surface area (Å²) in [5, 5.41) is 7.67. The minimum atomic E-state index is 0.484. The molecule has 0 radical (unpaired) electrons. The topological polar surface area (TPSA) is 64.1 Å². The highest BCUT2D eigenvalue weighted by Gasteiger charge is 2.16. The first kappa shape index (κ1) is 21.0. The lowest BCUT2D eigenvalue weighted by molar-refractivity contribution is 0.322. The van der Waals surface area contributed by atoms with Crippen LogP contribution in [0.2, 0.25) is 10.0 Å². The largest absolute Gasteiger partial charge is 0.493 e. The second-order valence-electron chi connectivity index (χ2n) is 5.51. The summed E-state index contributed by atoms with van der Waals surface area (Å²) in [7, 11) is 6.46. The van der Waals surface area contributed by atoms with E-state index in [0.29, 0.717) is 46.3 Å². The van der Waals surface area contributed by atoms with Crippen LogP contribution in [0.25, 0.3) is 0 Å². The van der Waals surface area contributed by atoms with E-state index in [1.807, 2.05) is 18.2 Å². The highest BCUT2D eigenvalue weighted by molar-refractivity contribution is 6.35. The van der Waals surface area contributed by atoms with Gasteiger partial charge in [-0.3, -0.25) is 4.99 Å². The number of halogens is 2. The van der Waals surface area contributed by atoms with Crippen molar-refractivity contribution < 1.29 is 14.2 Å². The first-order valence-corrected chi connectivity index (χ1v) is 8.95. The van der Waals surface area contributed by atoms with E-state index in [4.69, 9.17) is 37.4 Å². The molecule has 0 saturated heterocycles. The first-order valence-electron chi connectivity index (χ1n) is 8.20. The molecule has 0 saturated carbocycles. The van der Waals surface area contributed by atoms with Crippen molar-refractivity contribution in [2.24, 2.45) is 4.99 Å². The van der Waals surface area contributed by atoms with Crippen molar-refractivity contribution in [1.29, 1.82) is 0 Å². The maximum atomic E-state index is 6.20. The van der Waals surface area contributed by atoms with Crippen LogP contribution >= 0.6 is 23.2 Å². The van der Waals surface area contributed by atoms with Crippen molar-refractivity contribution in [3.05, 3.63) is 51.5 Å². The molecule has 0 atom stereocenters. The molecule has 0 spiro atoms. The molecule has 0 unspecified atom stereocenters. The molecule has 2 aromatic carbocycles. The number of rotatable bonds is 7. The van der Waals surface area contributed by atoms with Crippen LogP contribution in [0.4, 0.5) is 0 Å². The van der Waals surface area contributed by atoms with Crippen LogP contribution in [-0.4, -0.2) is 34.3 Å². The molecule has 0 fully saturated rings. The Kier molecular flexibility index (Phi) is 7.88. The number of hydrogen-bond acceptors (Lipinski definition) is 4. The van der Waals surface area contributed by atoms with Crippen molar-refractivity contribution in [3.63, 3.8) is 0 Å². The number of methoxy groups -OCH3 is 3. The zero-order valence-corrected chi connectivity index (χ0v) is 17.2. The summed E-state index contributed by atoms with van der Waals surface area (Å²) in [6.07, 6.45) is 0.